The Hall–Kier alpha value is -12.3. The second-order valence-corrected chi connectivity index (χ2v) is 29.6. The van der Waals surface area contributed by atoms with E-state index >= 15 is 0 Å². The molecule has 1 heterocycles. The summed E-state index contributed by atoms with van der Waals surface area (Å²) in [6.45, 7) is 5.87. The number of aliphatic hydroxyl groups is 1. The number of nitrogens with one attached hydrogen (secondary N) is 15. The summed E-state index contributed by atoms with van der Waals surface area (Å²) in [7, 11) is 0. The van der Waals surface area contributed by atoms with E-state index in [0.29, 0.717) is 16.7 Å². The van der Waals surface area contributed by atoms with Crippen LogP contribution in [0.2, 0.25) is 0 Å². The van der Waals surface area contributed by atoms with Crippen LogP contribution in [0.4, 0.5) is 0 Å². The lowest BCUT2D eigenvalue weighted by atomic mass is 10.0. The maximum Gasteiger partial charge on any atom is 0.325 e. The average Bonchev–Trinajstić information content (AvgIpc) is 1.70. The van der Waals surface area contributed by atoms with E-state index in [1.165, 1.54) is 45.0 Å². The zero-order valence-corrected chi connectivity index (χ0v) is 68.2. The van der Waals surface area contributed by atoms with Crippen LogP contribution in [0, 0.1) is 17.8 Å². The Morgan fingerprint density at radius 1 is 0.454 bits per heavy atom. The highest BCUT2D eigenvalue weighted by molar-refractivity contribution is 7.80. The van der Waals surface area contributed by atoms with Crippen molar-refractivity contribution in [2.75, 3.05) is 64.7 Å². The molecule has 0 radical (unpaired) electrons. The number of nitrogens with zero attached hydrogens (tertiary/aromatic N) is 1. The van der Waals surface area contributed by atoms with Gasteiger partial charge in [0.25, 0.3) is 0 Å². The Labute approximate surface area is 692 Å². The summed E-state index contributed by atoms with van der Waals surface area (Å²) in [5.74, 6) is -18.3. The third-order valence-electron chi connectivity index (χ3n) is 18.0. The normalized spacial score (nSPS) is 14.8. The molecule has 11 atom stereocenters. The third kappa shape index (κ3) is 36.8. The smallest absolute Gasteiger partial charge is 0.325 e. The predicted octanol–water partition coefficient (Wildman–Crippen LogP) is -7.22. The molecule has 42 heteroatoms. The van der Waals surface area contributed by atoms with Crippen molar-refractivity contribution in [1.29, 1.82) is 0 Å². The Morgan fingerprint density at radius 2 is 0.891 bits per heavy atom. The fourth-order valence-corrected chi connectivity index (χ4v) is 11.9. The third-order valence-corrected chi connectivity index (χ3v) is 18.2. The number of hydrogen-bond acceptors (Lipinski definition) is 24. The summed E-state index contributed by atoms with van der Waals surface area (Å²) in [4.78, 5) is 253. The number of rotatable bonds is 50. The number of carbonyl (C=O) groups excluding carboxylic acids is 19. The van der Waals surface area contributed by atoms with E-state index in [2.05, 4.69) is 92.4 Å². The van der Waals surface area contributed by atoms with Crippen molar-refractivity contribution in [2.24, 2.45) is 35.0 Å². The number of hydrogen-bond donors (Lipinski definition) is 21. The minimum absolute atomic E-state index is 0.0185. The van der Waals surface area contributed by atoms with Crippen molar-refractivity contribution in [2.45, 2.75) is 173 Å². The van der Waals surface area contributed by atoms with Crippen molar-refractivity contribution in [3.63, 3.8) is 0 Å². The topological polar surface area (TPSA) is 636 Å². The van der Waals surface area contributed by atoms with Gasteiger partial charge in [0, 0.05) is 31.6 Å². The first-order valence-electron chi connectivity index (χ1n) is 38.5. The number of likely N-dealkylation sites (tertiary alicyclic amines) is 1. The summed E-state index contributed by atoms with van der Waals surface area (Å²) in [5.41, 5.74) is 18.6. The molecule has 652 valence electrons. The van der Waals surface area contributed by atoms with Gasteiger partial charge in [0.15, 0.2) is 0 Å². The van der Waals surface area contributed by atoms with Crippen molar-refractivity contribution < 1.29 is 106 Å². The minimum Gasteiger partial charge on any atom is -0.508 e. The molecule has 18 amide bonds. The Morgan fingerprint density at radius 3 is 1.39 bits per heavy atom. The van der Waals surface area contributed by atoms with E-state index in [9.17, 15) is 101 Å². The van der Waals surface area contributed by atoms with E-state index in [1.54, 1.807) is 74.5 Å². The van der Waals surface area contributed by atoms with Gasteiger partial charge in [-0.05, 0) is 85.6 Å². The number of esters is 1. The number of phenols is 1. The van der Waals surface area contributed by atoms with Crippen molar-refractivity contribution in [1.82, 2.24) is 84.7 Å². The van der Waals surface area contributed by atoms with Gasteiger partial charge in [-0.15, -0.1) is 0 Å². The second kappa shape index (κ2) is 51.0. The molecule has 0 spiro atoms. The second-order valence-electron chi connectivity index (χ2n) is 29.2. The lowest BCUT2D eigenvalue weighted by Gasteiger charge is -2.30. The first kappa shape index (κ1) is 99.0. The van der Waals surface area contributed by atoms with Gasteiger partial charge in [-0.2, -0.15) is 12.6 Å². The maximum absolute atomic E-state index is 14.2. The summed E-state index contributed by atoms with van der Waals surface area (Å²) < 4.78 is 4.95. The SMILES string of the molecule is CC(C)C[C@H](NC(=O)[C@H](Cc1ccccc1)NC(=O)CNC(=O)CNC(=O)[C@H](Cc1ccc(O)cc1)NC(=O)CNC(=O)CNC(=O)[C@@H](NC(=O)[C@@H]1CCCN1C(=O)[C@H](CC(N)=O)NC(=O)CNC(=O)[C@@H](NC(=O)CNC(=O)[C@H](CCC(N)=O)NC(=O)[C@@H](NC(=O)[C@@H](N)Cc1ccccc1)[C@@H](C)O)C(C)C)C(C)C)C(=O)NCC(=O)OCCS. The maximum atomic E-state index is 14.2. The van der Waals surface area contributed by atoms with Gasteiger partial charge < -0.3 is 117 Å². The number of thiol groups is 1. The Kier molecular flexibility index (Phi) is 42.4. The highest BCUT2D eigenvalue weighted by Crippen LogP contribution is 2.21. The van der Waals surface area contributed by atoms with Crippen LogP contribution in [0.3, 0.4) is 0 Å². The molecule has 1 fully saturated rings. The molecule has 0 unspecified atom stereocenters. The average molecular weight is 1690 g/mol. The highest BCUT2D eigenvalue weighted by Gasteiger charge is 2.41. The molecule has 1 saturated heterocycles. The number of aromatic hydroxyl groups is 1. The predicted molar refractivity (Wildman–Crippen MR) is 429 cm³/mol. The number of aliphatic hydroxyl groups excluding tert-OH is 1. The standard InChI is InChI=1S/C77H111N19O22S/c1-41(2)29-51(70(110)87-40-64(107)118-27-28-119)92-72(112)53(31-46-17-12-9-13-18-46)89-61(104)37-81-58(101)34-83-71(111)52(32-47-20-22-48(98)23-21-47)88-60(103)36-82-59(102)35-85-75(115)66(43(5)6)94-73(113)55-19-14-26-96(55)77(117)54(33-57(80)100)90-62(105)38-86-74(114)65(42(3)4)93-63(106)39-84-69(109)50(24-25-56(79)99)91-76(116)67(44(7)97)95-68(108)49(78)30-45-15-10-8-11-16-45/h8-13,15-18,20-23,41-44,49-55,65-67,97-98,119H,14,19,24-40,78H2,1-7H3,(H2,79,99)(H2,80,100)(H,81,101)(H,82,102)(H,83,111)(H,84,109)(H,85,115)(H,86,114)(H,87,110)(H,88,103)(H,89,104)(H,90,105)(H,91,116)(H,92,112)(H,93,106)(H,94,113)(H,95,108)/t44-,49+,50+,51+,52+,53+,54+,55+,65+,66+,67+/m1/s1. The fourth-order valence-electron chi connectivity index (χ4n) is 11.9. The van der Waals surface area contributed by atoms with Crippen molar-refractivity contribution in [3.8, 4) is 5.75 Å². The molecule has 0 bridgehead atoms. The number of phenolic OH excluding ortho intramolecular Hbond substituents is 1. The molecule has 1 aliphatic rings. The molecule has 23 N–H and O–H groups in total. The molecule has 3 aromatic carbocycles. The van der Waals surface area contributed by atoms with Gasteiger partial charge in [0.2, 0.25) is 106 Å². The highest BCUT2D eigenvalue weighted by atomic mass is 32.1. The quantitative estimate of drug-likeness (QED) is 0.0184. The van der Waals surface area contributed by atoms with Crippen LogP contribution in [0.15, 0.2) is 84.9 Å². The van der Waals surface area contributed by atoms with Crippen LogP contribution in [-0.4, -0.2) is 259 Å². The lowest BCUT2D eigenvalue weighted by Crippen LogP contribution is -2.59. The van der Waals surface area contributed by atoms with E-state index < -0.39 is 249 Å². The Balaban J connectivity index is 1.30. The zero-order chi connectivity index (χ0) is 88.6. The lowest BCUT2D eigenvalue weighted by molar-refractivity contribution is -0.143. The Bertz CT molecular complexity index is 4030. The molecule has 119 heavy (non-hydrogen) atoms. The van der Waals surface area contributed by atoms with Crippen LogP contribution < -0.4 is 97.0 Å². The van der Waals surface area contributed by atoms with Crippen LogP contribution in [-0.2, 0) is 115 Å². The van der Waals surface area contributed by atoms with Crippen molar-refractivity contribution in [3.05, 3.63) is 102 Å². The van der Waals surface area contributed by atoms with E-state index in [0.717, 1.165) is 4.90 Å². The first-order chi connectivity index (χ1) is 56.2. The van der Waals surface area contributed by atoms with Crippen LogP contribution >= 0.6 is 12.6 Å². The van der Waals surface area contributed by atoms with Gasteiger partial charge in [0.05, 0.1) is 57.8 Å². The number of carbonyl (C=O) groups is 19. The molecular formula is C77H111N19O22S. The molecule has 1 aliphatic heterocycles. The number of primary amides is 2. The van der Waals surface area contributed by atoms with Gasteiger partial charge in [-0.1, -0.05) is 114 Å². The number of amides is 18. The summed E-state index contributed by atoms with van der Waals surface area (Å²) in [6, 6.07) is 8.96. The van der Waals surface area contributed by atoms with Gasteiger partial charge in [-0.3, -0.25) is 91.1 Å². The van der Waals surface area contributed by atoms with Crippen molar-refractivity contribution >= 4 is 125 Å². The molecule has 41 nitrogen and oxygen atoms in total. The molecular weight excluding hydrogens is 1580 g/mol. The van der Waals surface area contributed by atoms with Gasteiger partial charge in [-0.25, -0.2) is 0 Å². The first-order valence-corrected chi connectivity index (χ1v) is 39.1. The summed E-state index contributed by atoms with van der Waals surface area (Å²) >= 11 is 3.99. The molecule has 4 rings (SSSR count). The van der Waals surface area contributed by atoms with Gasteiger partial charge in [0.1, 0.15) is 73.3 Å². The largest absolute Gasteiger partial charge is 0.508 e. The molecule has 0 aromatic heterocycles. The fraction of sp³-hybridized carbons (Fsp3) is 0.519. The number of benzene rings is 3. The summed E-state index contributed by atoms with van der Waals surface area (Å²) in [6.07, 6.45) is -2.87. The molecule has 0 aliphatic carbocycles. The van der Waals surface area contributed by atoms with E-state index in [1.807, 2.05) is 13.8 Å². The van der Waals surface area contributed by atoms with E-state index in [4.69, 9.17) is 21.9 Å². The minimum atomic E-state index is -1.70. The number of nitrogens with two attached hydrogens (primary N) is 3. The van der Waals surface area contributed by atoms with Gasteiger partial charge >= 0.3 is 5.97 Å². The molecule has 3 aromatic rings. The summed E-state index contributed by atoms with van der Waals surface area (Å²) in [5, 5.41) is 56.5. The van der Waals surface area contributed by atoms with E-state index in [-0.39, 0.29) is 75.5 Å². The van der Waals surface area contributed by atoms with Crippen LogP contribution in [0.1, 0.15) is 104 Å². The van der Waals surface area contributed by atoms with Crippen LogP contribution in [0.5, 0.6) is 5.75 Å². The monoisotopic (exact) mass is 1690 g/mol. The number of ether oxygens (including phenoxy) is 1. The zero-order valence-electron chi connectivity index (χ0n) is 67.3. The molecule has 0 saturated carbocycles. The van der Waals surface area contributed by atoms with Crippen LogP contribution in [0.25, 0.3) is 0 Å².